The maximum atomic E-state index is 11.7. The zero-order valence-electron chi connectivity index (χ0n) is 16.9. The summed E-state index contributed by atoms with van der Waals surface area (Å²) >= 11 is 11.6. The lowest BCUT2D eigenvalue weighted by Gasteiger charge is -2.20. The van der Waals surface area contributed by atoms with Crippen LogP contribution in [0.25, 0.3) is 0 Å². The second kappa shape index (κ2) is 10.9. The summed E-state index contributed by atoms with van der Waals surface area (Å²) in [7, 11) is 1.32. The molecule has 2 N–H and O–H groups in total. The van der Waals surface area contributed by atoms with Crippen molar-refractivity contribution in [2.24, 2.45) is 0 Å². The quantitative estimate of drug-likeness (QED) is 0.447. The molecule has 0 spiro atoms. The van der Waals surface area contributed by atoms with Gasteiger partial charge in [-0.2, -0.15) is 0 Å². The zero-order chi connectivity index (χ0) is 21.4. The highest BCUT2D eigenvalue weighted by Crippen LogP contribution is 2.31. The van der Waals surface area contributed by atoms with Crippen LogP contribution in [0.15, 0.2) is 36.4 Å². The van der Waals surface area contributed by atoms with Crippen LogP contribution < -0.4 is 20.1 Å². The molecule has 2 aromatic rings. The van der Waals surface area contributed by atoms with Crippen LogP contribution in [0.5, 0.6) is 11.5 Å². The number of methoxy groups -OCH3 is 1. The van der Waals surface area contributed by atoms with Crippen LogP contribution in [-0.4, -0.2) is 31.4 Å². The number of ether oxygens (including phenoxy) is 3. The van der Waals surface area contributed by atoms with Crippen molar-refractivity contribution in [3.05, 3.63) is 52.5 Å². The van der Waals surface area contributed by atoms with Gasteiger partial charge >= 0.3 is 5.97 Å². The topological polar surface area (TPSA) is 68.8 Å². The van der Waals surface area contributed by atoms with Crippen molar-refractivity contribution >= 4 is 40.6 Å². The predicted octanol–water partition coefficient (Wildman–Crippen LogP) is 4.97. The number of halogens is 1. The molecule has 2 rings (SSSR count). The van der Waals surface area contributed by atoms with Crippen molar-refractivity contribution in [1.29, 1.82) is 0 Å². The van der Waals surface area contributed by atoms with Gasteiger partial charge in [-0.3, -0.25) is 0 Å². The summed E-state index contributed by atoms with van der Waals surface area (Å²) in [6.45, 7) is 6.94. The fourth-order valence-electron chi connectivity index (χ4n) is 2.64. The molecule has 0 radical (unpaired) electrons. The van der Waals surface area contributed by atoms with Gasteiger partial charge in [-0.05, 0) is 68.9 Å². The summed E-state index contributed by atoms with van der Waals surface area (Å²) in [5, 5.41) is 7.04. The van der Waals surface area contributed by atoms with Gasteiger partial charge in [-0.1, -0.05) is 17.7 Å². The molecule has 8 heteroatoms. The Balaban J connectivity index is 2.11. The summed E-state index contributed by atoms with van der Waals surface area (Å²) in [6, 6.07) is 10.5. The molecule has 29 heavy (non-hydrogen) atoms. The Labute approximate surface area is 181 Å². The number of rotatable bonds is 8. The molecule has 0 saturated heterocycles. The van der Waals surface area contributed by atoms with E-state index in [1.807, 2.05) is 39.0 Å². The van der Waals surface area contributed by atoms with Gasteiger partial charge in [0, 0.05) is 0 Å². The normalized spacial score (nSPS) is 11.3. The minimum Gasteiger partial charge on any atom is -0.490 e. The Morgan fingerprint density at radius 2 is 1.79 bits per heavy atom. The standard InChI is InChI=1S/C21H25ClN2O4S/c1-5-27-18-10-8-14(12-19(18)28-6-2)13(3)23-21(29)24-17-11-15(20(25)26-4)7-9-16(17)22/h7-13H,5-6H2,1-4H3,(H2,23,24,29). The summed E-state index contributed by atoms with van der Waals surface area (Å²) in [6.07, 6.45) is 0. The van der Waals surface area contributed by atoms with Gasteiger partial charge in [0.1, 0.15) is 0 Å². The molecule has 0 aliphatic heterocycles. The number of esters is 1. The average molecular weight is 437 g/mol. The fourth-order valence-corrected chi connectivity index (χ4v) is 3.09. The summed E-state index contributed by atoms with van der Waals surface area (Å²) in [4.78, 5) is 11.7. The molecule has 156 valence electrons. The number of hydrogen-bond donors (Lipinski definition) is 2. The van der Waals surface area contributed by atoms with Gasteiger partial charge in [0.25, 0.3) is 0 Å². The number of carbonyl (C=O) groups excluding carboxylic acids is 1. The van der Waals surface area contributed by atoms with E-state index < -0.39 is 5.97 Å². The largest absolute Gasteiger partial charge is 0.490 e. The van der Waals surface area contributed by atoms with E-state index in [0.717, 1.165) is 5.56 Å². The van der Waals surface area contributed by atoms with Crippen LogP contribution in [0.2, 0.25) is 5.02 Å². The van der Waals surface area contributed by atoms with E-state index in [0.29, 0.717) is 46.1 Å². The molecular formula is C21H25ClN2O4S. The third kappa shape index (κ3) is 6.24. The highest BCUT2D eigenvalue weighted by atomic mass is 35.5. The number of hydrogen-bond acceptors (Lipinski definition) is 5. The van der Waals surface area contributed by atoms with E-state index in [1.165, 1.54) is 7.11 Å². The fraction of sp³-hybridized carbons (Fsp3) is 0.333. The Morgan fingerprint density at radius 1 is 1.10 bits per heavy atom. The first-order valence-corrected chi connectivity index (χ1v) is 10.0. The van der Waals surface area contributed by atoms with Crippen molar-refractivity contribution in [3.8, 4) is 11.5 Å². The van der Waals surface area contributed by atoms with Crippen molar-refractivity contribution in [2.75, 3.05) is 25.6 Å². The molecule has 0 bridgehead atoms. The van der Waals surface area contributed by atoms with E-state index in [1.54, 1.807) is 18.2 Å². The Kier molecular flexibility index (Phi) is 8.54. The van der Waals surface area contributed by atoms with E-state index in [2.05, 4.69) is 10.6 Å². The van der Waals surface area contributed by atoms with Gasteiger partial charge in [0.05, 0.1) is 42.6 Å². The molecule has 6 nitrogen and oxygen atoms in total. The van der Waals surface area contributed by atoms with Crippen LogP contribution in [0.1, 0.15) is 42.7 Å². The molecule has 1 atom stereocenters. The Bertz CT molecular complexity index is 876. The van der Waals surface area contributed by atoms with Crippen LogP contribution in [0, 0.1) is 0 Å². The maximum absolute atomic E-state index is 11.7. The minimum absolute atomic E-state index is 0.104. The molecule has 0 heterocycles. The minimum atomic E-state index is -0.449. The summed E-state index contributed by atoms with van der Waals surface area (Å²) in [5.74, 6) is 0.945. The van der Waals surface area contributed by atoms with Crippen molar-refractivity contribution in [3.63, 3.8) is 0 Å². The van der Waals surface area contributed by atoms with Gasteiger partial charge in [0.15, 0.2) is 16.6 Å². The second-order valence-corrected chi connectivity index (χ2v) is 6.89. The molecule has 0 amide bonds. The van der Waals surface area contributed by atoms with E-state index >= 15 is 0 Å². The monoisotopic (exact) mass is 436 g/mol. The summed E-state index contributed by atoms with van der Waals surface area (Å²) in [5.41, 5.74) is 1.87. The van der Waals surface area contributed by atoms with E-state index in [-0.39, 0.29) is 6.04 Å². The van der Waals surface area contributed by atoms with Gasteiger partial charge < -0.3 is 24.8 Å². The lowest BCUT2D eigenvalue weighted by Crippen LogP contribution is -2.31. The van der Waals surface area contributed by atoms with Crippen LogP contribution in [-0.2, 0) is 4.74 Å². The molecule has 0 fully saturated rings. The Morgan fingerprint density at radius 3 is 2.45 bits per heavy atom. The predicted molar refractivity (Wildman–Crippen MR) is 119 cm³/mol. The number of nitrogens with one attached hydrogen (secondary N) is 2. The van der Waals surface area contributed by atoms with E-state index in [4.69, 9.17) is 38.0 Å². The first kappa shape index (κ1) is 22.8. The first-order valence-electron chi connectivity index (χ1n) is 9.24. The number of anilines is 1. The molecule has 0 aliphatic rings. The van der Waals surface area contributed by atoms with Crippen molar-refractivity contribution in [2.45, 2.75) is 26.8 Å². The molecular weight excluding hydrogens is 412 g/mol. The van der Waals surface area contributed by atoms with Gasteiger partial charge in [-0.15, -0.1) is 0 Å². The van der Waals surface area contributed by atoms with Crippen molar-refractivity contribution < 1.29 is 19.0 Å². The molecule has 0 saturated carbocycles. The average Bonchev–Trinajstić information content (AvgIpc) is 2.70. The Hall–Kier alpha value is -2.51. The van der Waals surface area contributed by atoms with Crippen LogP contribution >= 0.6 is 23.8 Å². The third-order valence-electron chi connectivity index (χ3n) is 4.05. The molecule has 0 aliphatic carbocycles. The lowest BCUT2D eigenvalue weighted by atomic mass is 10.1. The number of benzene rings is 2. The zero-order valence-corrected chi connectivity index (χ0v) is 18.4. The number of carbonyl (C=O) groups is 1. The third-order valence-corrected chi connectivity index (χ3v) is 4.60. The first-order chi connectivity index (χ1) is 13.9. The lowest BCUT2D eigenvalue weighted by molar-refractivity contribution is 0.0601. The van der Waals surface area contributed by atoms with Crippen LogP contribution in [0.3, 0.4) is 0 Å². The highest BCUT2D eigenvalue weighted by Gasteiger charge is 2.14. The maximum Gasteiger partial charge on any atom is 0.337 e. The van der Waals surface area contributed by atoms with Gasteiger partial charge in [0.2, 0.25) is 0 Å². The molecule has 2 aromatic carbocycles. The van der Waals surface area contributed by atoms with E-state index in [9.17, 15) is 4.79 Å². The smallest absolute Gasteiger partial charge is 0.337 e. The second-order valence-electron chi connectivity index (χ2n) is 6.08. The SMILES string of the molecule is CCOc1ccc(C(C)NC(=S)Nc2cc(C(=O)OC)ccc2Cl)cc1OCC. The van der Waals surface area contributed by atoms with Crippen LogP contribution in [0.4, 0.5) is 5.69 Å². The van der Waals surface area contributed by atoms with Crippen molar-refractivity contribution in [1.82, 2.24) is 5.32 Å². The van der Waals surface area contributed by atoms with Gasteiger partial charge in [-0.25, -0.2) is 4.79 Å². The number of thiocarbonyl (C=S) groups is 1. The molecule has 1 unspecified atom stereocenters. The highest BCUT2D eigenvalue weighted by molar-refractivity contribution is 7.80. The summed E-state index contributed by atoms with van der Waals surface area (Å²) < 4.78 is 16.0. The molecule has 0 aromatic heterocycles.